The number of hydrogen-bond donors (Lipinski definition) is 2. The lowest BCUT2D eigenvalue weighted by atomic mass is 9.98. The van der Waals surface area contributed by atoms with Crippen LogP contribution in [-0.2, 0) is 19.1 Å². The third-order valence-electron chi connectivity index (χ3n) is 5.79. The predicted octanol–water partition coefficient (Wildman–Crippen LogP) is 2.23. The molecule has 1 fully saturated rings. The summed E-state index contributed by atoms with van der Waals surface area (Å²) in [4.78, 5) is 37.4. The number of carboxylic acids is 1. The van der Waals surface area contributed by atoms with Gasteiger partial charge in [0.05, 0.1) is 12.7 Å². The van der Waals surface area contributed by atoms with E-state index < -0.39 is 30.1 Å². The number of ether oxygens (including phenoxy) is 2. The minimum atomic E-state index is -1.14. The zero-order chi connectivity index (χ0) is 22.0. The summed E-state index contributed by atoms with van der Waals surface area (Å²) in [5.74, 6) is -1.71. The molecule has 0 aromatic heterocycles. The zero-order valence-electron chi connectivity index (χ0n) is 17.1. The third-order valence-corrected chi connectivity index (χ3v) is 5.79. The van der Waals surface area contributed by atoms with Gasteiger partial charge in [-0.1, -0.05) is 48.5 Å². The quantitative estimate of drug-likeness (QED) is 0.763. The van der Waals surface area contributed by atoms with Crippen molar-refractivity contribution >= 4 is 18.0 Å². The highest BCUT2D eigenvalue weighted by molar-refractivity contribution is 5.87. The number of morpholine rings is 1. The summed E-state index contributed by atoms with van der Waals surface area (Å²) in [6.07, 6.45) is -1.34. The van der Waals surface area contributed by atoms with Gasteiger partial charge in [-0.25, -0.2) is 9.59 Å². The van der Waals surface area contributed by atoms with Crippen molar-refractivity contribution in [1.29, 1.82) is 0 Å². The van der Waals surface area contributed by atoms with Gasteiger partial charge in [0.15, 0.2) is 6.04 Å². The average molecular weight is 424 g/mol. The Balaban J connectivity index is 1.35. The summed E-state index contributed by atoms with van der Waals surface area (Å²) in [7, 11) is 0. The lowest BCUT2D eigenvalue weighted by Crippen LogP contribution is -2.58. The van der Waals surface area contributed by atoms with Crippen molar-refractivity contribution in [2.45, 2.75) is 25.0 Å². The van der Waals surface area contributed by atoms with Gasteiger partial charge in [0.2, 0.25) is 5.91 Å². The molecule has 2 N–H and O–H groups in total. The largest absolute Gasteiger partial charge is 0.480 e. The van der Waals surface area contributed by atoms with Crippen LogP contribution in [0.15, 0.2) is 48.5 Å². The van der Waals surface area contributed by atoms with Gasteiger partial charge in [-0.2, -0.15) is 0 Å². The zero-order valence-corrected chi connectivity index (χ0v) is 17.1. The van der Waals surface area contributed by atoms with Gasteiger partial charge < -0.3 is 24.8 Å². The first kappa shape index (κ1) is 20.9. The molecule has 4 rings (SSSR count). The number of carbonyl (C=O) groups is 3. The van der Waals surface area contributed by atoms with Gasteiger partial charge >= 0.3 is 12.1 Å². The van der Waals surface area contributed by atoms with Crippen LogP contribution in [0.5, 0.6) is 0 Å². The molecule has 0 spiro atoms. The number of carboxylic acid groups (broad SMARTS) is 1. The van der Waals surface area contributed by atoms with Crippen molar-refractivity contribution in [2.75, 3.05) is 26.3 Å². The number of alkyl carbamates (subject to hydrolysis) is 1. The van der Waals surface area contributed by atoms with Crippen LogP contribution in [0.4, 0.5) is 4.79 Å². The molecule has 1 aliphatic heterocycles. The van der Waals surface area contributed by atoms with Gasteiger partial charge in [-0.05, 0) is 29.2 Å². The third kappa shape index (κ3) is 4.11. The molecule has 2 aliphatic rings. The van der Waals surface area contributed by atoms with Crippen LogP contribution in [0.1, 0.15) is 24.0 Å². The van der Waals surface area contributed by atoms with Gasteiger partial charge in [0.25, 0.3) is 0 Å². The van der Waals surface area contributed by atoms with E-state index >= 15 is 0 Å². The Hall–Kier alpha value is -3.39. The molecular formula is C23H24N2O6. The fraction of sp³-hybridized carbons (Fsp3) is 0.348. The lowest BCUT2D eigenvalue weighted by Gasteiger charge is -2.37. The first-order valence-corrected chi connectivity index (χ1v) is 10.2. The van der Waals surface area contributed by atoms with Gasteiger partial charge in [-0.3, -0.25) is 4.79 Å². The number of aliphatic carboxylic acids is 1. The van der Waals surface area contributed by atoms with E-state index in [2.05, 4.69) is 17.4 Å². The molecule has 31 heavy (non-hydrogen) atoms. The molecule has 1 aliphatic carbocycles. The molecule has 2 aromatic carbocycles. The molecule has 2 amide bonds. The van der Waals surface area contributed by atoms with Crippen LogP contribution in [-0.4, -0.2) is 66.4 Å². The van der Waals surface area contributed by atoms with E-state index in [0.717, 1.165) is 22.3 Å². The minimum absolute atomic E-state index is 0.0784. The summed E-state index contributed by atoms with van der Waals surface area (Å²) in [5.41, 5.74) is 4.45. The maximum absolute atomic E-state index is 12.5. The number of amides is 2. The van der Waals surface area contributed by atoms with E-state index in [1.807, 2.05) is 36.4 Å². The number of fused-ring (bicyclic) bond motifs is 3. The summed E-state index contributed by atoms with van der Waals surface area (Å²) in [5, 5.41) is 11.8. The van der Waals surface area contributed by atoms with E-state index in [0.29, 0.717) is 0 Å². The lowest BCUT2D eigenvalue weighted by molar-refractivity contribution is -0.164. The Morgan fingerprint density at radius 3 is 2.32 bits per heavy atom. The highest BCUT2D eigenvalue weighted by atomic mass is 16.5. The predicted molar refractivity (Wildman–Crippen MR) is 112 cm³/mol. The van der Waals surface area contributed by atoms with Crippen LogP contribution in [0, 0.1) is 0 Å². The van der Waals surface area contributed by atoms with Crippen molar-refractivity contribution in [3.8, 4) is 11.1 Å². The maximum atomic E-state index is 12.5. The number of benzene rings is 2. The van der Waals surface area contributed by atoms with Gasteiger partial charge in [0.1, 0.15) is 13.2 Å². The summed E-state index contributed by atoms with van der Waals surface area (Å²) >= 11 is 0. The minimum Gasteiger partial charge on any atom is -0.480 e. The van der Waals surface area contributed by atoms with Crippen molar-refractivity contribution in [1.82, 2.24) is 10.2 Å². The number of hydrogen-bond acceptors (Lipinski definition) is 5. The van der Waals surface area contributed by atoms with Crippen LogP contribution >= 0.6 is 0 Å². The molecule has 2 aromatic rings. The van der Waals surface area contributed by atoms with Crippen molar-refractivity contribution in [3.05, 3.63) is 59.7 Å². The molecule has 0 radical (unpaired) electrons. The first-order valence-electron chi connectivity index (χ1n) is 10.2. The van der Waals surface area contributed by atoms with Crippen molar-refractivity contribution in [2.24, 2.45) is 0 Å². The van der Waals surface area contributed by atoms with Crippen molar-refractivity contribution in [3.63, 3.8) is 0 Å². The summed E-state index contributed by atoms with van der Waals surface area (Å²) in [6.45, 7) is 1.82. The Morgan fingerprint density at radius 1 is 1.10 bits per heavy atom. The molecule has 0 saturated carbocycles. The highest BCUT2D eigenvalue weighted by Crippen LogP contribution is 2.44. The second kappa shape index (κ2) is 8.77. The second-order valence-electron chi connectivity index (χ2n) is 7.63. The summed E-state index contributed by atoms with van der Waals surface area (Å²) < 4.78 is 10.7. The molecular weight excluding hydrogens is 400 g/mol. The smallest absolute Gasteiger partial charge is 0.407 e. The van der Waals surface area contributed by atoms with E-state index in [9.17, 15) is 19.5 Å². The standard InChI is InChI=1S/C23H24N2O6/c1-14-21(22(27)28)25(10-11-30-14)20(26)12-24-23(29)31-13-19-17-8-4-2-6-15(17)16-7-3-5-9-18(16)19/h2-9,14,19,21H,10-13H2,1H3,(H,24,29)(H,27,28). The Morgan fingerprint density at radius 2 is 1.71 bits per heavy atom. The first-order chi connectivity index (χ1) is 15.0. The SMILES string of the molecule is CC1OCCN(C(=O)CNC(=O)OCC2c3ccccc3-c3ccccc32)C1C(=O)O. The number of nitrogens with zero attached hydrogens (tertiary/aromatic N) is 1. The van der Waals surface area contributed by atoms with Crippen LogP contribution in [0.25, 0.3) is 11.1 Å². The molecule has 2 atom stereocenters. The fourth-order valence-electron chi connectivity index (χ4n) is 4.33. The normalized spacial score (nSPS) is 20.0. The monoisotopic (exact) mass is 424 g/mol. The molecule has 2 unspecified atom stereocenters. The van der Waals surface area contributed by atoms with E-state index in [-0.39, 0.29) is 32.2 Å². The number of rotatable bonds is 5. The molecule has 1 heterocycles. The van der Waals surface area contributed by atoms with E-state index in [4.69, 9.17) is 9.47 Å². The molecule has 162 valence electrons. The van der Waals surface area contributed by atoms with Crippen LogP contribution in [0.2, 0.25) is 0 Å². The fourth-order valence-corrected chi connectivity index (χ4v) is 4.33. The second-order valence-corrected chi connectivity index (χ2v) is 7.63. The Kier molecular flexibility index (Phi) is 5.90. The maximum Gasteiger partial charge on any atom is 0.407 e. The topological polar surface area (TPSA) is 105 Å². The molecule has 8 heteroatoms. The van der Waals surface area contributed by atoms with E-state index in [1.54, 1.807) is 6.92 Å². The average Bonchev–Trinajstić information content (AvgIpc) is 3.09. The Bertz CT molecular complexity index is 962. The van der Waals surface area contributed by atoms with Crippen LogP contribution in [0.3, 0.4) is 0 Å². The summed E-state index contributed by atoms with van der Waals surface area (Å²) in [6, 6.07) is 14.9. The number of nitrogens with one attached hydrogen (secondary N) is 1. The highest BCUT2D eigenvalue weighted by Gasteiger charge is 2.38. The molecule has 1 saturated heterocycles. The van der Waals surface area contributed by atoms with Crippen LogP contribution < -0.4 is 5.32 Å². The van der Waals surface area contributed by atoms with E-state index in [1.165, 1.54) is 4.90 Å². The van der Waals surface area contributed by atoms with Gasteiger partial charge in [-0.15, -0.1) is 0 Å². The Labute approximate surface area is 179 Å². The van der Waals surface area contributed by atoms with Crippen molar-refractivity contribution < 1.29 is 29.0 Å². The number of carbonyl (C=O) groups excluding carboxylic acids is 2. The molecule has 0 bridgehead atoms. The molecule has 8 nitrogen and oxygen atoms in total. The van der Waals surface area contributed by atoms with Gasteiger partial charge in [0, 0.05) is 12.5 Å².